The van der Waals surface area contributed by atoms with E-state index in [0.717, 1.165) is 30.2 Å². The average molecular weight is 366 g/mol. The minimum Gasteiger partial charge on any atom is -0.357 e. The number of aryl methyl sites for hydroxylation is 1. The lowest BCUT2D eigenvalue weighted by molar-refractivity contribution is 0.601. The van der Waals surface area contributed by atoms with Crippen LogP contribution in [0.4, 0.5) is 0 Å². The van der Waals surface area contributed by atoms with Gasteiger partial charge in [0.05, 0.1) is 18.0 Å². The minimum absolute atomic E-state index is 0.373. The fourth-order valence-electron chi connectivity index (χ4n) is 2.32. The Kier molecular flexibility index (Phi) is 6.39. The summed E-state index contributed by atoms with van der Waals surface area (Å²) in [7, 11) is -3.18. The molecular formula is C17H23N3O2S2. The standard InChI is InChI=1S/C17H23N3O2S2/c1-4-18-17(20-12-15-6-5-9-23-15)19-11-14-7-8-16(13(2)10-14)24(3,21)22/h5-10H,4,11-12H2,1-3H3,(H2,18,19,20). The molecule has 2 aromatic rings. The van der Waals surface area contributed by atoms with Crippen molar-refractivity contribution in [3.05, 3.63) is 51.7 Å². The molecule has 0 saturated heterocycles. The van der Waals surface area contributed by atoms with Crippen LogP contribution in [0.3, 0.4) is 0 Å². The Morgan fingerprint density at radius 1 is 1.25 bits per heavy atom. The zero-order valence-corrected chi connectivity index (χ0v) is 15.8. The number of rotatable bonds is 6. The molecule has 5 nitrogen and oxygen atoms in total. The molecule has 130 valence electrons. The van der Waals surface area contributed by atoms with Crippen LogP contribution in [0.1, 0.15) is 22.9 Å². The fraction of sp³-hybridized carbons (Fsp3) is 0.353. The van der Waals surface area contributed by atoms with Gasteiger partial charge in [-0.05, 0) is 42.5 Å². The molecule has 0 unspecified atom stereocenters. The van der Waals surface area contributed by atoms with E-state index < -0.39 is 9.84 Å². The van der Waals surface area contributed by atoms with Gasteiger partial charge >= 0.3 is 0 Å². The molecular weight excluding hydrogens is 342 g/mol. The van der Waals surface area contributed by atoms with Crippen molar-refractivity contribution in [3.8, 4) is 0 Å². The lowest BCUT2D eigenvalue weighted by Crippen LogP contribution is -2.36. The quantitative estimate of drug-likeness (QED) is 0.610. The summed E-state index contributed by atoms with van der Waals surface area (Å²) in [4.78, 5) is 6.18. The van der Waals surface area contributed by atoms with Gasteiger partial charge in [-0.3, -0.25) is 0 Å². The minimum atomic E-state index is -3.18. The first-order chi connectivity index (χ1) is 11.4. The number of nitrogens with one attached hydrogen (secondary N) is 2. The molecule has 1 aromatic heterocycles. The Morgan fingerprint density at radius 3 is 2.62 bits per heavy atom. The van der Waals surface area contributed by atoms with Gasteiger partial charge in [-0.25, -0.2) is 13.4 Å². The highest BCUT2D eigenvalue weighted by Crippen LogP contribution is 2.17. The third kappa shape index (κ3) is 5.35. The Balaban J connectivity index is 2.06. The smallest absolute Gasteiger partial charge is 0.191 e. The molecule has 0 saturated carbocycles. The molecule has 1 heterocycles. The van der Waals surface area contributed by atoms with Crippen molar-refractivity contribution in [2.75, 3.05) is 12.8 Å². The molecule has 24 heavy (non-hydrogen) atoms. The largest absolute Gasteiger partial charge is 0.357 e. The Bertz CT molecular complexity index is 797. The van der Waals surface area contributed by atoms with Crippen molar-refractivity contribution in [3.63, 3.8) is 0 Å². The second-order valence-corrected chi connectivity index (χ2v) is 8.52. The van der Waals surface area contributed by atoms with Crippen LogP contribution in [0.15, 0.2) is 45.6 Å². The summed E-state index contributed by atoms with van der Waals surface area (Å²) < 4.78 is 23.3. The number of nitrogens with zero attached hydrogens (tertiary/aromatic N) is 1. The first-order valence-corrected chi connectivity index (χ1v) is 10.5. The summed E-state index contributed by atoms with van der Waals surface area (Å²) >= 11 is 1.70. The molecule has 0 radical (unpaired) electrons. The van der Waals surface area contributed by atoms with Gasteiger partial charge in [0.1, 0.15) is 0 Å². The number of aliphatic imine (C=N–C) groups is 1. The Morgan fingerprint density at radius 2 is 2.04 bits per heavy atom. The second-order valence-electron chi connectivity index (χ2n) is 5.50. The van der Waals surface area contributed by atoms with E-state index in [-0.39, 0.29) is 0 Å². The van der Waals surface area contributed by atoms with E-state index in [1.165, 1.54) is 11.1 Å². The molecule has 0 fully saturated rings. The number of hydrogen-bond acceptors (Lipinski definition) is 4. The van der Waals surface area contributed by atoms with E-state index in [1.807, 2.05) is 37.4 Å². The highest BCUT2D eigenvalue weighted by atomic mass is 32.2. The van der Waals surface area contributed by atoms with Gasteiger partial charge < -0.3 is 10.6 Å². The van der Waals surface area contributed by atoms with Crippen molar-refractivity contribution < 1.29 is 8.42 Å². The van der Waals surface area contributed by atoms with Gasteiger partial charge in [0.25, 0.3) is 0 Å². The summed E-state index contributed by atoms with van der Waals surface area (Å²) in [6.45, 7) is 5.83. The monoisotopic (exact) mass is 365 g/mol. The molecule has 0 bridgehead atoms. The Hall–Kier alpha value is -1.86. The zero-order valence-electron chi connectivity index (χ0n) is 14.2. The van der Waals surface area contributed by atoms with Crippen LogP contribution < -0.4 is 10.6 Å². The maximum Gasteiger partial charge on any atom is 0.191 e. The van der Waals surface area contributed by atoms with Crippen LogP contribution in [0.25, 0.3) is 0 Å². The number of benzene rings is 1. The lowest BCUT2D eigenvalue weighted by atomic mass is 10.1. The molecule has 0 spiro atoms. The van der Waals surface area contributed by atoms with Gasteiger partial charge in [-0.2, -0.15) is 0 Å². The molecule has 2 N–H and O–H groups in total. The normalized spacial score (nSPS) is 12.2. The summed E-state index contributed by atoms with van der Waals surface area (Å²) in [5.41, 5.74) is 1.73. The summed E-state index contributed by atoms with van der Waals surface area (Å²) in [6, 6.07) is 9.45. The molecule has 0 amide bonds. The van der Waals surface area contributed by atoms with Crippen molar-refractivity contribution >= 4 is 27.1 Å². The van der Waals surface area contributed by atoms with Crippen molar-refractivity contribution in [2.24, 2.45) is 4.99 Å². The SMILES string of the molecule is CCNC(=NCc1ccc(S(C)(=O)=O)c(C)c1)NCc1cccs1. The number of hydrogen-bond donors (Lipinski definition) is 2. The average Bonchev–Trinajstić information content (AvgIpc) is 3.02. The third-order valence-electron chi connectivity index (χ3n) is 3.41. The van der Waals surface area contributed by atoms with Crippen LogP contribution in [0, 0.1) is 6.92 Å². The maximum absolute atomic E-state index is 11.7. The highest BCUT2D eigenvalue weighted by molar-refractivity contribution is 7.90. The second kappa shape index (κ2) is 8.30. The number of thiophene rings is 1. The van der Waals surface area contributed by atoms with Crippen LogP contribution in [0.2, 0.25) is 0 Å². The van der Waals surface area contributed by atoms with E-state index >= 15 is 0 Å². The third-order valence-corrected chi connectivity index (χ3v) is 5.55. The van der Waals surface area contributed by atoms with Gasteiger partial charge in [-0.1, -0.05) is 18.2 Å². The topological polar surface area (TPSA) is 70.6 Å². The first-order valence-electron chi connectivity index (χ1n) is 7.74. The molecule has 1 aromatic carbocycles. The van der Waals surface area contributed by atoms with Crippen LogP contribution in [-0.4, -0.2) is 27.2 Å². The zero-order chi connectivity index (χ0) is 17.6. The first kappa shape index (κ1) is 18.5. The maximum atomic E-state index is 11.7. The van der Waals surface area contributed by atoms with Crippen molar-refractivity contribution in [1.82, 2.24) is 10.6 Å². The summed E-state index contributed by atoms with van der Waals surface area (Å²) in [5.74, 6) is 0.746. The van der Waals surface area contributed by atoms with Gasteiger partial charge in [0.2, 0.25) is 0 Å². The summed E-state index contributed by atoms with van der Waals surface area (Å²) in [5, 5.41) is 8.56. The fourth-order valence-corrected chi connectivity index (χ4v) is 3.93. The van der Waals surface area contributed by atoms with E-state index in [2.05, 4.69) is 21.7 Å². The summed E-state index contributed by atoms with van der Waals surface area (Å²) in [6.07, 6.45) is 1.23. The predicted octanol–water partition coefficient (Wildman–Crippen LogP) is 2.72. The lowest BCUT2D eigenvalue weighted by Gasteiger charge is -2.11. The number of guanidine groups is 1. The van der Waals surface area contributed by atoms with Gasteiger partial charge in [0, 0.05) is 17.7 Å². The molecule has 7 heteroatoms. The molecule has 0 atom stereocenters. The number of sulfone groups is 1. The van der Waals surface area contributed by atoms with Crippen LogP contribution in [-0.2, 0) is 22.9 Å². The van der Waals surface area contributed by atoms with Crippen LogP contribution >= 0.6 is 11.3 Å². The van der Waals surface area contributed by atoms with E-state index in [4.69, 9.17) is 0 Å². The molecule has 2 rings (SSSR count). The van der Waals surface area contributed by atoms with E-state index in [1.54, 1.807) is 17.4 Å². The Labute approximate surface area is 147 Å². The van der Waals surface area contributed by atoms with E-state index in [9.17, 15) is 8.42 Å². The molecule has 0 aliphatic rings. The van der Waals surface area contributed by atoms with Crippen molar-refractivity contribution in [1.29, 1.82) is 0 Å². The van der Waals surface area contributed by atoms with Gasteiger partial charge in [-0.15, -0.1) is 11.3 Å². The van der Waals surface area contributed by atoms with Crippen LogP contribution in [0.5, 0.6) is 0 Å². The predicted molar refractivity (Wildman–Crippen MR) is 100 cm³/mol. The van der Waals surface area contributed by atoms with Gasteiger partial charge in [0.15, 0.2) is 15.8 Å². The van der Waals surface area contributed by atoms with Crippen molar-refractivity contribution in [2.45, 2.75) is 31.8 Å². The van der Waals surface area contributed by atoms with E-state index in [0.29, 0.717) is 11.4 Å². The molecule has 0 aliphatic heterocycles. The highest BCUT2D eigenvalue weighted by Gasteiger charge is 2.10. The molecule has 0 aliphatic carbocycles.